The van der Waals surface area contributed by atoms with Crippen molar-refractivity contribution in [1.29, 1.82) is 0 Å². The van der Waals surface area contributed by atoms with E-state index in [0.29, 0.717) is 6.04 Å². The van der Waals surface area contributed by atoms with E-state index < -0.39 is 0 Å². The summed E-state index contributed by atoms with van der Waals surface area (Å²) in [6.45, 7) is 4.24. The summed E-state index contributed by atoms with van der Waals surface area (Å²) in [5.74, 6) is 0.995. The standard InChI is InChI=1S/C16H19N3/c1-11-10-13-6-3-4-8-15(13)19(11)16-14(12(2)17)7-5-9-18-16/h3-9,11-12H,10,17H2,1-2H3/t11?,12-/m1/s1. The van der Waals surface area contributed by atoms with Crippen molar-refractivity contribution in [1.82, 2.24) is 4.98 Å². The first-order chi connectivity index (χ1) is 9.18. The molecular weight excluding hydrogens is 234 g/mol. The summed E-state index contributed by atoms with van der Waals surface area (Å²) >= 11 is 0. The Kier molecular flexibility index (Phi) is 2.99. The van der Waals surface area contributed by atoms with Crippen LogP contribution in [0.5, 0.6) is 0 Å². The van der Waals surface area contributed by atoms with Gasteiger partial charge in [0.1, 0.15) is 5.82 Å². The molecule has 1 unspecified atom stereocenters. The number of anilines is 2. The molecule has 1 aromatic heterocycles. The first-order valence-corrected chi connectivity index (χ1v) is 6.76. The molecule has 3 rings (SSSR count). The second kappa shape index (κ2) is 4.67. The fourth-order valence-corrected chi connectivity index (χ4v) is 2.85. The Hall–Kier alpha value is -1.87. The molecule has 2 heterocycles. The minimum Gasteiger partial charge on any atom is -0.324 e. The van der Waals surface area contributed by atoms with E-state index in [1.807, 2.05) is 19.2 Å². The number of nitrogens with zero attached hydrogens (tertiary/aromatic N) is 2. The number of benzene rings is 1. The maximum absolute atomic E-state index is 6.08. The van der Waals surface area contributed by atoms with Gasteiger partial charge in [-0.1, -0.05) is 24.3 Å². The van der Waals surface area contributed by atoms with Crippen molar-refractivity contribution in [2.45, 2.75) is 32.4 Å². The van der Waals surface area contributed by atoms with Crippen LogP contribution in [0.15, 0.2) is 42.6 Å². The molecule has 1 aromatic carbocycles. The van der Waals surface area contributed by atoms with Gasteiger partial charge in [-0.3, -0.25) is 0 Å². The molecule has 0 saturated heterocycles. The normalized spacial score (nSPS) is 19.3. The molecule has 2 aromatic rings. The molecule has 0 radical (unpaired) electrons. The molecule has 2 atom stereocenters. The number of pyridine rings is 1. The molecule has 2 N–H and O–H groups in total. The van der Waals surface area contributed by atoms with Gasteiger partial charge in [-0.25, -0.2) is 4.98 Å². The van der Waals surface area contributed by atoms with Crippen LogP contribution in [0.4, 0.5) is 11.5 Å². The van der Waals surface area contributed by atoms with E-state index >= 15 is 0 Å². The highest BCUT2D eigenvalue weighted by Gasteiger charge is 2.29. The predicted molar refractivity (Wildman–Crippen MR) is 78.6 cm³/mol. The summed E-state index contributed by atoms with van der Waals surface area (Å²) in [7, 11) is 0. The number of hydrogen-bond donors (Lipinski definition) is 1. The molecule has 0 aliphatic carbocycles. The lowest BCUT2D eigenvalue weighted by Gasteiger charge is -2.27. The maximum atomic E-state index is 6.08. The highest BCUT2D eigenvalue weighted by molar-refractivity contribution is 5.70. The Labute approximate surface area is 114 Å². The van der Waals surface area contributed by atoms with Gasteiger partial charge in [0.05, 0.1) is 0 Å². The van der Waals surface area contributed by atoms with Crippen LogP contribution in [0, 0.1) is 0 Å². The van der Waals surface area contributed by atoms with Crippen LogP contribution >= 0.6 is 0 Å². The van der Waals surface area contributed by atoms with Crippen LogP contribution < -0.4 is 10.6 Å². The fraction of sp³-hybridized carbons (Fsp3) is 0.312. The van der Waals surface area contributed by atoms with Crippen LogP contribution in [-0.2, 0) is 6.42 Å². The monoisotopic (exact) mass is 253 g/mol. The molecule has 1 aliphatic rings. The van der Waals surface area contributed by atoms with Crippen molar-refractivity contribution in [3.63, 3.8) is 0 Å². The SMILES string of the molecule is CC1Cc2ccccc2N1c1ncccc1[C@@H](C)N. The number of nitrogens with two attached hydrogens (primary N) is 1. The van der Waals surface area contributed by atoms with E-state index in [4.69, 9.17) is 5.73 Å². The van der Waals surface area contributed by atoms with E-state index in [9.17, 15) is 0 Å². The second-order valence-corrected chi connectivity index (χ2v) is 5.26. The van der Waals surface area contributed by atoms with Crippen LogP contribution in [-0.4, -0.2) is 11.0 Å². The van der Waals surface area contributed by atoms with Crippen molar-refractivity contribution < 1.29 is 0 Å². The zero-order valence-electron chi connectivity index (χ0n) is 11.4. The highest BCUT2D eigenvalue weighted by atomic mass is 15.2. The van der Waals surface area contributed by atoms with E-state index in [2.05, 4.69) is 47.1 Å². The van der Waals surface area contributed by atoms with Gasteiger partial charge < -0.3 is 10.6 Å². The fourth-order valence-electron chi connectivity index (χ4n) is 2.85. The first kappa shape index (κ1) is 12.2. The second-order valence-electron chi connectivity index (χ2n) is 5.26. The summed E-state index contributed by atoms with van der Waals surface area (Å²) in [5.41, 5.74) is 9.83. The summed E-state index contributed by atoms with van der Waals surface area (Å²) in [5, 5.41) is 0. The lowest BCUT2D eigenvalue weighted by molar-refractivity contribution is 0.732. The molecule has 98 valence electrons. The van der Waals surface area contributed by atoms with Crippen molar-refractivity contribution in [2.75, 3.05) is 4.90 Å². The van der Waals surface area contributed by atoms with E-state index in [1.54, 1.807) is 0 Å². The van der Waals surface area contributed by atoms with Crippen molar-refractivity contribution in [3.8, 4) is 0 Å². The summed E-state index contributed by atoms with van der Waals surface area (Å²) in [6, 6.07) is 13.0. The molecule has 0 fully saturated rings. The number of hydrogen-bond acceptors (Lipinski definition) is 3. The minimum atomic E-state index is -0.0105. The predicted octanol–water partition coefficient (Wildman–Crippen LogP) is 3.18. The van der Waals surface area contributed by atoms with Gasteiger partial charge in [0.25, 0.3) is 0 Å². The van der Waals surface area contributed by atoms with Crippen LogP contribution in [0.3, 0.4) is 0 Å². The molecular formula is C16H19N3. The zero-order chi connectivity index (χ0) is 13.4. The van der Waals surface area contributed by atoms with Gasteiger partial charge in [-0.15, -0.1) is 0 Å². The van der Waals surface area contributed by atoms with Crippen molar-refractivity contribution in [2.24, 2.45) is 5.73 Å². The van der Waals surface area contributed by atoms with Gasteiger partial charge in [-0.05, 0) is 38.0 Å². The van der Waals surface area contributed by atoms with Crippen LogP contribution in [0.25, 0.3) is 0 Å². The Morgan fingerprint density at radius 3 is 2.84 bits per heavy atom. The Bertz CT molecular complexity index is 592. The zero-order valence-corrected chi connectivity index (χ0v) is 11.4. The average Bonchev–Trinajstić information content (AvgIpc) is 2.74. The molecule has 0 amide bonds. The lowest BCUT2D eigenvalue weighted by atomic mass is 10.1. The Balaban J connectivity index is 2.13. The Morgan fingerprint density at radius 1 is 1.26 bits per heavy atom. The molecule has 0 bridgehead atoms. The van der Waals surface area contributed by atoms with E-state index in [0.717, 1.165) is 17.8 Å². The third kappa shape index (κ3) is 2.00. The highest BCUT2D eigenvalue weighted by Crippen LogP contribution is 2.39. The Morgan fingerprint density at radius 2 is 2.05 bits per heavy atom. The smallest absolute Gasteiger partial charge is 0.137 e. The van der Waals surface area contributed by atoms with Gasteiger partial charge in [-0.2, -0.15) is 0 Å². The number of aromatic nitrogens is 1. The maximum Gasteiger partial charge on any atom is 0.137 e. The first-order valence-electron chi connectivity index (χ1n) is 6.76. The molecule has 0 spiro atoms. The van der Waals surface area contributed by atoms with Gasteiger partial charge in [0, 0.05) is 29.5 Å². The molecule has 3 nitrogen and oxygen atoms in total. The molecule has 19 heavy (non-hydrogen) atoms. The lowest BCUT2D eigenvalue weighted by Crippen LogP contribution is -2.27. The number of rotatable bonds is 2. The number of fused-ring (bicyclic) bond motifs is 1. The van der Waals surface area contributed by atoms with Crippen molar-refractivity contribution in [3.05, 3.63) is 53.7 Å². The third-order valence-electron chi connectivity index (χ3n) is 3.74. The van der Waals surface area contributed by atoms with Crippen LogP contribution in [0.2, 0.25) is 0 Å². The van der Waals surface area contributed by atoms with Gasteiger partial charge in [0.15, 0.2) is 0 Å². The summed E-state index contributed by atoms with van der Waals surface area (Å²) in [6.07, 6.45) is 2.90. The molecule has 1 aliphatic heterocycles. The van der Waals surface area contributed by atoms with Crippen LogP contribution in [0.1, 0.15) is 31.0 Å². The molecule has 0 saturated carbocycles. The quantitative estimate of drug-likeness (QED) is 0.893. The summed E-state index contributed by atoms with van der Waals surface area (Å²) < 4.78 is 0. The number of para-hydroxylation sites is 1. The summed E-state index contributed by atoms with van der Waals surface area (Å²) in [4.78, 5) is 6.89. The van der Waals surface area contributed by atoms with E-state index in [-0.39, 0.29) is 6.04 Å². The topological polar surface area (TPSA) is 42.2 Å². The molecule has 3 heteroatoms. The minimum absolute atomic E-state index is 0.0105. The van der Waals surface area contributed by atoms with E-state index in [1.165, 1.54) is 11.3 Å². The average molecular weight is 253 g/mol. The third-order valence-corrected chi connectivity index (χ3v) is 3.74. The largest absolute Gasteiger partial charge is 0.324 e. The van der Waals surface area contributed by atoms with Crippen molar-refractivity contribution >= 4 is 11.5 Å². The van der Waals surface area contributed by atoms with Gasteiger partial charge in [0.2, 0.25) is 0 Å². The van der Waals surface area contributed by atoms with Gasteiger partial charge >= 0.3 is 0 Å².